The van der Waals surface area contributed by atoms with Crippen LogP contribution in [0.3, 0.4) is 0 Å². The first-order valence-electron chi connectivity index (χ1n) is 7.23. The van der Waals surface area contributed by atoms with Crippen LogP contribution in [0.2, 0.25) is 0 Å². The predicted octanol–water partition coefficient (Wildman–Crippen LogP) is 2.53. The second-order valence-corrected chi connectivity index (χ2v) is 6.26. The average Bonchev–Trinajstić information content (AvgIpc) is 2.99. The molecule has 2 aromatic carbocycles. The van der Waals surface area contributed by atoms with Gasteiger partial charge in [-0.05, 0) is 50.0 Å². The second kappa shape index (κ2) is 6.37. The van der Waals surface area contributed by atoms with E-state index in [4.69, 9.17) is 0 Å². The van der Waals surface area contributed by atoms with Gasteiger partial charge in [-0.25, -0.2) is 0 Å². The summed E-state index contributed by atoms with van der Waals surface area (Å²) in [4.78, 5) is 14.6. The van der Waals surface area contributed by atoms with Gasteiger partial charge in [-0.15, -0.1) is 5.10 Å². The van der Waals surface area contributed by atoms with Gasteiger partial charge in [0.05, 0.1) is 4.70 Å². The molecule has 0 saturated heterocycles. The largest absolute Gasteiger partial charge is 0.352 e. The Morgan fingerprint density at radius 1 is 1.27 bits per heavy atom. The first-order valence-corrected chi connectivity index (χ1v) is 8.01. The first kappa shape index (κ1) is 14.9. The standard InChI is InChI=1S/C16H18N4OS/c1-20(2)9-5-8-17-16(21)13-10-14-15(22-19-18-14)12-7-4-3-6-11(12)13/h3-4,6-7,10H,5,8-9H2,1-2H3,(H,17,21). The maximum absolute atomic E-state index is 12.5. The zero-order chi connectivity index (χ0) is 15.5. The van der Waals surface area contributed by atoms with Gasteiger partial charge in [0.2, 0.25) is 0 Å². The lowest BCUT2D eigenvalue weighted by Gasteiger charge is -2.11. The Hall–Kier alpha value is -2.05. The summed E-state index contributed by atoms with van der Waals surface area (Å²) >= 11 is 1.36. The van der Waals surface area contributed by atoms with Crippen molar-refractivity contribution in [3.05, 3.63) is 35.9 Å². The smallest absolute Gasteiger partial charge is 0.251 e. The molecular formula is C16H18N4OS. The molecule has 22 heavy (non-hydrogen) atoms. The Balaban J connectivity index is 1.89. The number of aromatic nitrogens is 2. The van der Waals surface area contributed by atoms with Crippen LogP contribution >= 0.6 is 11.5 Å². The Labute approximate surface area is 133 Å². The monoisotopic (exact) mass is 314 g/mol. The van der Waals surface area contributed by atoms with Crippen molar-refractivity contribution in [3.8, 4) is 0 Å². The Morgan fingerprint density at radius 3 is 2.82 bits per heavy atom. The van der Waals surface area contributed by atoms with Crippen LogP contribution in [-0.4, -0.2) is 47.6 Å². The highest BCUT2D eigenvalue weighted by Gasteiger charge is 2.14. The quantitative estimate of drug-likeness (QED) is 0.735. The number of hydrogen-bond acceptors (Lipinski definition) is 5. The normalized spacial score (nSPS) is 11.4. The first-order chi connectivity index (χ1) is 10.7. The van der Waals surface area contributed by atoms with E-state index in [2.05, 4.69) is 19.8 Å². The third-order valence-corrected chi connectivity index (χ3v) is 4.34. The minimum atomic E-state index is -0.0511. The van der Waals surface area contributed by atoms with Crippen molar-refractivity contribution in [1.82, 2.24) is 19.8 Å². The number of carbonyl (C=O) groups excluding carboxylic acids is 1. The minimum Gasteiger partial charge on any atom is -0.352 e. The molecule has 0 atom stereocenters. The van der Waals surface area contributed by atoms with E-state index in [-0.39, 0.29) is 5.91 Å². The van der Waals surface area contributed by atoms with Crippen LogP contribution in [0.5, 0.6) is 0 Å². The van der Waals surface area contributed by atoms with Crippen molar-refractivity contribution < 1.29 is 4.79 Å². The van der Waals surface area contributed by atoms with E-state index < -0.39 is 0 Å². The van der Waals surface area contributed by atoms with Crippen molar-refractivity contribution in [2.45, 2.75) is 6.42 Å². The van der Waals surface area contributed by atoms with Gasteiger partial charge in [0.15, 0.2) is 0 Å². The van der Waals surface area contributed by atoms with Gasteiger partial charge >= 0.3 is 0 Å². The summed E-state index contributed by atoms with van der Waals surface area (Å²) in [5.74, 6) is -0.0511. The van der Waals surface area contributed by atoms with Crippen LogP contribution in [0.25, 0.3) is 21.0 Å². The Kier molecular flexibility index (Phi) is 4.31. The minimum absolute atomic E-state index is 0.0511. The lowest BCUT2D eigenvalue weighted by atomic mass is 10.0. The highest BCUT2D eigenvalue weighted by molar-refractivity contribution is 7.14. The number of rotatable bonds is 5. The van der Waals surface area contributed by atoms with E-state index in [0.29, 0.717) is 12.1 Å². The van der Waals surface area contributed by atoms with Crippen molar-refractivity contribution in [1.29, 1.82) is 0 Å². The average molecular weight is 314 g/mol. The number of nitrogens with one attached hydrogen (secondary N) is 1. The van der Waals surface area contributed by atoms with Crippen molar-refractivity contribution in [2.24, 2.45) is 0 Å². The molecule has 3 aromatic rings. The Bertz CT molecular complexity index is 812. The fourth-order valence-electron chi connectivity index (χ4n) is 2.49. The topological polar surface area (TPSA) is 58.1 Å². The van der Waals surface area contributed by atoms with Gasteiger partial charge in [0.1, 0.15) is 5.52 Å². The van der Waals surface area contributed by atoms with Crippen LogP contribution < -0.4 is 5.32 Å². The molecule has 1 amide bonds. The van der Waals surface area contributed by atoms with Gasteiger partial charge in [-0.1, -0.05) is 28.8 Å². The van der Waals surface area contributed by atoms with Gasteiger partial charge in [-0.2, -0.15) is 0 Å². The maximum atomic E-state index is 12.5. The molecule has 0 saturated carbocycles. The van der Waals surface area contributed by atoms with E-state index in [1.807, 2.05) is 44.4 Å². The molecule has 0 aliphatic heterocycles. The van der Waals surface area contributed by atoms with Crippen molar-refractivity contribution in [3.63, 3.8) is 0 Å². The molecule has 114 valence electrons. The zero-order valence-corrected chi connectivity index (χ0v) is 13.5. The van der Waals surface area contributed by atoms with E-state index in [9.17, 15) is 4.79 Å². The molecule has 1 heterocycles. The fourth-order valence-corrected chi connectivity index (χ4v) is 3.17. The van der Waals surface area contributed by atoms with Crippen molar-refractivity contribution >= 4 is 38.4 Å². The summed E-state index contributed by atoms with van der Waals surface area (Å²) in [6.45, 7) is 1.62. The van der Waals surface area contributed by atoms with Crippen LogP contribution in [0, 0.1) is 0 Å². The summed E-state index contributed by atoms with van der Waals surface area (Å²) in [6, 6.07) is 9.75. The SMILES string of the molecule is CN(C)CCCNC(=O)c1cc2nnsc2c2ccccc12. The number of amides is 1. The predicted molar refractivity (Wildman–Crippen MR) is 90.4 cm³/mol. The molecule has 0 aliphatic carbocycles. The van der Waals surface area contributed by atoms with E-state index in [1.54, 1.807) is 0 Å². The van der Waals surface area contributed by atoms with E-state index in [1.165, 1.54) is 11.5 Å². The fraction of sp³-hybridized carbons (Fsp3) is 0.312. The highest BCUT2D eigenvalue weighted by Crippen LogP contribution is 2.29. The maximum Gasteiger partial charge on any atom is 0.251 e. The number of fused-ring (bicyclic) bond motifs is 3. The lowest BCUT2D eigenvalue weighted by molar-refractivity contribution is 0.0954. The molecule has 0 radical (unpaired) electrons. The van der Waals surface area contributed by atoms with E-state index in [0.717, 1.165) is 34.0 Å². The molecule has 0 fully saturated rings. The van der Waals surface area contributed by atoms with E-state index >= 15 is 0 Å². The number of nitrogens with zero attached hydrogens (tertiary/aromatic N) is 3. The molecule has 3 rings (SSSR count). The molecule has 0 aliphatic rings. The van der Waals surface area contributed by atoms with Gasteiger partial charge in [0, 0.05) is 17.5 Å². The van der Waals surface area contributed by atoms with Gasteiger partial charge < -0.3 is 10.2 Å². The summed E-state index contributed by atoms with van der Waals surface area (Å²) in [6.07, 6.45) is 0.928. The molecular weight excluding hydrogens is 296 g/mol. The zero-order valence-electron chi connectivity index (χ0n) is 12.7. The molecule has 0 unspecified atom stereocenters. The molecule has 1 N–H and O–H groups in total. The highest BCUT2D eigenvalue weighted by atomic mass is 32.1. The molecule has 6 heteroatoms. The number of benzene rings is 2. The summed E-state index contributed by atoms with van der Waals surface area (Å²) in [7, 11) is 4.05. The molecule has 1 aromatic heterocycles. The van der Waals surface area contributed by atoms with Gasteiger partial charge in [-0.3, -0.25) is 4.79 Å². The van der Waals surface area contributed by atoms with Crippen LogP contribution in [0.1, 0.15) is 16.8 Å². The number of hydrogen-bond donors (Lipinski definition) is 1. The molecule has 0 bridgehead atoms. The van der Waals surface area contributed by atoms with Crippen LogP contribution in [-0.2, 0) is 0 Å². The van der Waals surface area contributed by atoms with Crippen molar-refractivity contribution in [2.75, 3.05) is 27.2 Å². The lowest BCUT2D eigenvalue weighted by Crippen LogP contribution is -2.27. The number of carbonyl (C=O) groups is 1. The summed E-state index contributed by atoms with van der Waals surface area (Å²) in [5, 5.41) is 9.09. The van der Waals surface area contributed by atoms with Gasteiger partial charge in [0.25, 0.3) is 5.91 Å². The summed E-state index contributed by atoms with van der Waals surface area (Å²) in [5.41, 5.74) is 1.45. The van der Waals surface area contributed by atoms with Crippen LogP contribution in [0.15, 0.2) is 30.3 Å². The molecule has 5 nitrogen and oxygen atoms in total. The third-order valence-electron chi connectivity index (χ3n) is 3.57. The van der Waals surface area contributed by atoms with Crippen LogP contribution in [0.4, 0.5) is 0 Å². The third kappa shape index (κ3) is 2.93. The Morgan fingerprint density at radius 2 is 2.05 bits per heavy atom. The second-order valence-electron chi connectivity index (χ2n) is 5.50. The summed E-state index contributed by atoms with van der Waals surface area (Å²) < 4.78 is 5.03. The molecule has 0 spiro atoms.